The third-order valence-corrected chi connectivity index (χ3v) is 2.21. The Morgan fingerprint density at radius 3 is 2.60 bits per heavy atom. The van der Waals surface area contributed by atoms with Crippen molar-refractivity contribution in [3.8, 4) is 12.3 Å². The number of unbranched alkanes of at least 4 members (excludes halogenated alkanes) is 1. The second-order valence-corrected chi connectivity index (χ2v) is 3.22. The first-order valence-corrected chi connectivity index (χ1v) is 4.69. The minimum absolute atomic E-state index is 0.308. The molecule has 0 rings (SSSR count). The van der Waals surface area contributed by atoms with Gasteiger partial charge in [-0.3, -0.25) is 0 Å². The summed E-state index contributed by atoms with van der Waals surface area (Å²) < 4.78 is 0. The fraction of sp³-hybridized carbons (Fsp3) is 0.750. The number of terminal acetylenes is 1. The van der Waals surface area contributed by atoms with Gasteiger partial charge in [-0.2, -0.15) is 11.8 Å². The average molecular weight is 158 g/mol. The molecule has 0 aromatic carbocycles. The van der Waals surface area contributed by atoms with Crippen LogP contribution in [0.25, 0.3) is 0 Å². The van der Waals surface area contributed by atoms with E-state index in [-0.39, 0.29) is 0 Å². The van der Waals surface area contributed by atoms with Crippen LogP contribution in [0.3, 0.4) is 0 Å². The van der Waals surface area contributed by atoms with E-state index >= 15 is 0 Å². The molecule has 0 aliphatic heterocycles. The smallest absolute Gasteiger partial charge is 0.0438 e. The van der Waals surface area contributed by atoms with Crippen LogP contribution in [0.2, 0.25) is 0 Å². The standard InChI is InChI=1S/C8H14OS/c1-2-3-4-7-10-8-5-6-9/h1,9H,3-8H2. The highest BCUT2D eigenvalue weighted by molar-refractivity contribution is 7.99. The Balaban J connectivity index is 2.72. The lowest BCUT2D eigenvalue weighted by Crippen LogP contribution is -1.87. The Kier molecular flexibility index (Phi) is 8.75. The molecule has 0 atom stereocenters. The second-order valence-electron chi connectivity index (χ2n) is 2.00. The van der Waals surface area contributed by atoms with E-state index in [4.69, 9.17) is 11.5 Å². The lowest BCUT2D eigenvalue weighted by atomic mass is 10.4. The average Bonchev–Trinajstić information content (AvgIpc) is 1.97. The van der Waals surface area contributed by atoms with Gasteiger partial charge in [0.2, 0.25) is 0 Å². The molecule has 0 fully saturated rings. The lowest BCUT2D eigenvalue weighted by Gasteiger charge is -1.96. The molecule has 0 unspecified atom stereocenters. The first kappa shape index (κ1) is 9.87. The summed E-state index contributed by atoms with van der Waals surface area (Å²) in [5.41, 5.74) is 0. The molecular formula is C8H14OS. The van der Waals surface area contributed by atoms with Crippen LogP contribution in [0.4, 0.5) is 0 Å². The largest absolute Gasteiger partial charge is 0.396 e. The van der Waals surface area contributed by atoms with Crippen LogP contribution < -0.4 is 0 Å². The summed E-state index contributed by atoms with van der Waals surface area (Å²) in [5, 5.41) is 8.42. The summed E-state index contributed by atoms with van der Waals surface area (Å²) in [7, 11) is 0. The van der Waals surface area contributed by atoms with Crippen LogP contribution in [0.5, 0.6) is 0 Å². The summed E-state index contributed by atoms with van der Waals surface area (Å²) in [4.78, 5) is 0. The molecule has 0 spiro atoms. The third kappa shape index (κ3) is 7.87. The van der Waals surface area contributed by atoms with Crippen LogP contribution >= 0.6 is 11.8 Å². The van der Waals surface area contributed by atoms with E-state index in [1.54, 1.807) is 0 Å². The number of hydrogen-bond donors (Lipinski definition) is 1. The third-order valence-electron chi connectivity index (χ3n) is 1.06. The molecule has 0 saturated carbocycles. The number of aliphatic hydroxyl groups is 1. The van der Waals surface area contributed by atoms with Crippen LogP contribution in [0.15, 0.2) is 0 Å². The van der Waals surface area contributed by atoms with Crippen LogP contribution in [-0.2, 0) is 0 Å². The van der Waals surface area contributed by atoms with E-state index in [2.05, 4.69) is 5.92 Å². The molecule has 0 aromatic rings. The van der Waals surface area contributed by atoms with E-state index < -0.39 is 0 Å². The number of hydrogen-bond acceptors (Lipinski definition) is 2. The molecule has 58 valence electrons. The van der Waals surface area contributed by atoms with Gasteiger partial charge in [-0.1, -0.05) is 0 Å². The first-order valence-electron chi connectivity index (χ1n) is 3.54. The molecule has 0 aliphatic carbocycles. The van der Waals surface area contributed by atoms with Gasteiger partial charge in [-0.15, -0.1) is 12.3 Å². The normalized spacial score (nSPS) is 9.20. The van der Waals surface area contributed by atoms with Crippen molar-refractivity contribution in [3.05, 3.63) is 0 Å². The molecule has 0 amide bonds. The highest BCUT2D eigenvalue weighted by Crippen LogP contribution is 2.04. The summed E-state index contributed by atoms with van der Waals surface area (Å²) >= 11 is 1.86. The highest BCUT2D eigenvalue weighted by Gasteiger charge is 1.87. The lowest BCUT2D eigenvalue weighted by molar-refractivity contribution is 0.296. The minimum atomic E-state index is 0.308. The zero-order valence-corrected chi connectivity index (χ0v) is 6.99. The molecule has 1 N–H and O–H groups in total. The van der Waals surface area contributed by atoms with Crippen molar-refractivity contribution in [1.29, 1.82) is 0 Å². The summed E-state index contributed by atoms with van der Waals surface area (Å²) in [6.07, 6.45) is 7.96. The number of rotatable bonds is 6. The maximum atomic E-state index is 8.42. The van der Waals surface area contributed by atoms with Gasteiger partial charge in [-0.05, 0) is 24.3 Å². The van der Waals surface area contributed by atoms with Gasteiger partial charge in [-0.25, -0.2) is 0 Å². The molecule has 0 aliphatic rings. The predicted molar refractivity (Wildman–Crippen MR) is 47.1 cm³/mol. The Hall–Kier alpha value is -0.130. The summed E-state index contributed by atoms with van der Waals surface area (Å²) in [6, 6.07) is 0. The van der Waals surface area contributed by atoms with Gasteiger partial charge in [0.15, 0.2) is 0 Å². The fourth-order valence-electron chi connectivity index (χ4n) is 0.545. The minimum Gasteiger partial charge on any atom is -0.396 e. The zero-order valence-electron chi connectivity index (χ0n) is 6.18. The molecule has 0 radical (unpaired) electrons. The van der Waals surface area contributed by atoms with Gasteiger partial charge in [0.1, 0.15) is 0 Å². The Morgan fingerprint density at radius 2 is 2.00 bits per heavy atom. The zero-order chi connectivity index (χ0) is 7.66. The molecule has 10 heavy (non-hydrogen) atoms. The van der Waals surface area contributed by atoms with Gasteiger partial charge >= 0.3 is 0 Å². The van der Waals surface area contributed by atoms with E-state index in [1.807, 2.05) is 11.8 Å². The Labute approximate surface area is 67.2 Å². The van der Waals surface area contributed by atoms with Crippen molar-refractivity contribution < 1.29 is 5.11 Å². The number of aliphatic hydroxyl groups excluding tert-OH is 1. The van der Waals surface area contributed by atoms with Crippen LogP contribution in [-0.4, -0.2) is 23.2 Å². The molecule has 0 heterocycles. The monoisotopic (exact) mass is 158 g/mol. The van der Waals surface area contributed by atoms with Gasteiger partial charge in [0.05, 0.1) is 0 Å². The quantitative estimate of drug-likeness (QED) is 0.467. The van der Waals surface area contributed by atoms with Gasteiger partial charge < -0.3 is 5.11 Å². The maximum absolute atomic E-state index is 8.42. The summed E-state index contributed by atoms with van der Waals surface area (Å²) in [5.74, 6) is 4.78. The Morgan fingerprint density at radius 1 is 1.30 bits per heavy atom. The topological polar surface area (TPSA) is 20.2 Å². The summed E-state index contributed by atoms with van der Waals surface area (Å²) in [6.45, 7) is 0.308. The maximum Gasteiger partial charge on any atom is 0.0438 e. The van der Waals surface area contributed by atoms with Gasteiger partial charge in [0.25, 0.3) is 0 Å². The van der Waals surface area contributed by atoms with E-state index in [0.717, 1.165) is 30.8 Å². The van der Waals surface area contributed by atoms with Crippen molar-refractivity contribution >= 4 is 11.8 Å². The van der Waals surface area contributed by atoms with E-state index in [9.17, 15) is 0 Å². The van der Waals surface area contributed by atoms with Gasteiger partial charge in [0, 0.05) is 13.0 Å². The second kappa shape index (κ2) is 8.87. The Bertz CT molecular complexity index is 95.9. The van der Waals surface area contributed by atoms with Crippen molar-refractivity contribution in [3.63, 3.8) is 0 Å². The molecule has 0 aromatic heterocycles. The molecule has 0 bridgehead atoms. The van der Waals surface area contributed by atoms with Crippen molar-refractivity contribution in [2.45, 2.75) is 19.3 Å². The SMILES string of the molecule is C#CCCCSCCCO. The first-order chi connectivity index (χ1) is 4.91. The molecule has 0 saturated heterocycles. The predicted octanol–water partition coefficient (Wildman–Crippen LogP) is 1.52. The molecular weight excluding hydrogens is 144 g/mol. The van der Waals surface area contributed by atoms with Crippen LogP contribution in [0.1, 0.15) is 19.3 Å². The fourth-order valence-corrected chi connectivity index (χ4v) is 1.43. The van der Waals surface area contributed by atoms with E-state index in [1.165, 1.54) is 0 Å². The van der Waals surface area contributed by atoms with Crippen molar-refractivity contribution in [2.24, 2.45) is 0 Å². The van der Waals surface area contributed by atoms with Crippen molar-refractivity contribution in [1.82, 2.24) is 0 Å². The number of thioether (sulfide) groups is 1. The van der Waals surface area contributed by atoms with Crippen LogP contribution in [0, 0.1) is 12.3 Å². The van der Waals surface area contributed by atoms with E-state index in [0.29, 0.717) is 6.61 Å². The molecule has 2 heteroatoms. The highest BCUT2D eigenvalue weighted by atomic mass is 32.2. The van der Waals surface area contributed by atoms with Crippen molar-refractivity contribution in [2.75, 3.05) is 18.1 Å². The molecule has 1 nitrogen and oxygen atoms in total.